The minimum atomic E-state index is -0.219. The van der Waals surface area contributed by atoms with Gasteiger partial charge in [-0.2, -0.15) is 0 Å². The van der Waals surface area contributed by atoms with Crippen molar-refractivity contribution in [2.45, 2.75) is 33.3 Å². The SMILES string of the molecule is CCC(CC)COCc1cccc(-c2cscn2)c1F. The predicted molar refractivity (Wildman–Crippen MR) is 81.2 cm³/mol. The van der Waals surface area contributed by atoms with E-state index in [1.807, 2.05) is 11.4 Å². The molecule has 0 atom stereocenters. The van der Waals surface area contributed by atoms with E-state index >= 15 is 0 Å². The molecule has 0 amide bonds. The Morgan fingerprint density at radius 1 is 1.30 bits per heavy atom. The highest BCUT2D eigenvalue weighted by Crippen LogP contribution is 2.25. The monoisotopic (exact) mass is 293 g/mol. The molecule has 2 aromatic rings. The molecule has 1 aromatic heterocycles. The van der Waals surface area contributed by atoms with E-state index in [0.717, 1.165) is 12.8 Å². The molecule has 2 nitrogen and oxygen atoms in total. The molecule has 0 saturated carbocycles. The van der Waals surface area contributed by atoms with E-state index in [9.17, 15) is 4.39 Å². The molecule has 4 heteroatoms. The molecule has 1 aromatic carbocycles. The number of rotatable bonds is 7. The maximum atomic E-state index is 14.4. The topological polar surface area (TPSA) is 22.1 Å². The summed E-state index contributed by atoms with van der Waals surface area (Å²) in [5.74, 6) is 0.336. The second-order valence-corrected chi connectivity index (χ2v) is 5.57. The van der Waals surface area contributed by atoms with Crippen molar-refractivity contribution in [1.82, 2.24) is 4.98 Å². The van der Waals surface area contributed by atoms with Crippen LogP contribution >= 0.6 is 11.3 Å². The van der Waals surface area contributed by atoms with Crippen LogP contribution in [0.25, 0.3) is 11.3 Å². The number of thiazole rings is 1. The minimum absolute atomic E-state index is 0.219. The molecule has 0 saturated heterocycles. The molecule has 108 valence electrons. The van der Waals surface area contributed by atoms with Crippen LogP contribution in [0.15, 0.2) is 29.1 Å². The maximum Gasteiger partial charge on any atom is 0.138 e. The number of halogens is 1. The van der Waals surface area contributed by atoms with E-state index in [1.165, 1.54) is 11.3 Å². The van der Waals surface area contributed by atoms with Gasteiger partial charge in [0.1, 0.15) is 5.82 Å². The standard InChI is InChI=1S/C16H20FNOS/c1-3-12(4-2)8-19-9-13-6-5-7-14(16(13)17)15-10-20-11-18-15/h5-7,10-12H,3-4,8-9H2,1-2H3. The molecule has 0 fully saturated rings. The zero-order chi connectivity index (χ0) is 14.4. The Labute approximate surface area is 123 Å². The molecule has 0 aliphatic heterocycles. The fourth-order valence-corrected chi connectivity index (χ4v) is 2.65. The first-order valence-electron chi connectivity index (χ1n) is 6.99. The predicted octanol–water partition coefficient (Wildman–Crippen LogP) is 4.90. The lowest BCUT2D eigenvalue weighted by Crippen LogP contribution is -2.08. The summed E-state index contributed by atoms with van der Waals surface area (Å²) in [6.07, 6.45) is 2.19. The Morgan fingerprint density at radius 3 is 2.75 bits per heavy atom. The van der Waals surface area contributed by atoms with Gasteiger partial charge in [0.2, 0.25) is 0 Å². The van der Waals surface area contributed by atoms with Crippen LogP contribution in [0.4, 0.5) is 4.39 Å². The molecule has 0 aliphatic rings. The number of aromatic nitrogens is 1. The van der Waals surface area contributed by atoms with Gasteiger partial charge in [-0.05, 0) is 12.0 Å². The number of ether oxygens (including phenoxy) is 1. The number of hydrogen-bond donors (Lipinski definition) is 0. The highest BCUT2D eigenvalue weighted by atomic mass is 32.1. The summed E-state index contributed by atoms with van der Waals surface area (Å²) >= 11 is 1.47. The van der Waals surface area contributed by atoms with Crippen molar-refractivity contribution in [3.8, 4) is 11.3 Å². The Bertz CT molecular complexity index is 523. The normalized spacial score (nSPS) is 11.2. The van der Waals surface area contributed by atoms with E-state index in [1.54, 1.807) is 17.6 Å². The molecule has 0 aliphatic carbocycles. The molecule has 2 rings (SSSR count). The van der Waals surface area contributed by atoms with Gasteiger partial charge in [-0.1, -0.05) is 38.8 Å². The quantitative estimate of drug-likeness (QED) is 0.724. The lowest BCUT2D eigenvalue weighted by atomic mass is 10.1. The first-order valence-corrected chi connectivity index (χ1v) is 7.94. The van der Waals surface area contributed by atoms with Crippen molar-refractivity contribution in [3.63, 3.8) is 0 Å². The van der Waals surface area contributed by atoms with Crippen LogP contribution in [0.1, 0.15) is 32.3 Å². The third kappa shape index (κ3) is 3.64. The lowest BCUT2D eigenvalue weighted by Gasteiger charge is -2.13. The highest BCUT2D eigenvalue weighted by Gasteiger charge is 2.12. The van der Waals surface area contributed by atoms with E-state index in [0.29, 0.717) is 36.0 Å². The van der Waals surface area contributed by atoms with Gasteiger partial charge in [0.25, 0.3) is 0 Å². The zero-order valence-electron chi connectivity index (χ0n) is 11.9. The van der Waals surface area contributed by atoms with E-state index in [2.05, 4.69) is 18.8 Å². The molecule has 0 bridgehead atoms. The van der Waals surface area contributed by atoms with Crippen LogP contribution < -0.4 is 0 Å². The Balaban J connectivity index is 2.04. The van der Waals surface area contributed by atoms with Gasteiger partial charge in [-0.15, -0.1) is 11.3 Å². The third-order valence-electron chi connectivity index (χ3n) is 3.55. The Morgan fingerprint density at radius 2 is 2.10 bits per heavy atom. The minimum Gasteiger partial charge on any atom is -0.376 e. The van der Waals surface area contributed by atoms with Crippen LogP contribution in [0.3, 0.4) is 0 Å². The highest BCUT2D eigenvalue weighted by molar-refractivity contribution is 7.07. The van der Waals surface area contributed by atoms with Gasteiger partial charge in [0.05, 0.1) is 17.8 Å². The van der Waals surface area contributed by atoms with Gasteiger partial charge in [-0.3, -0.25) is 0 Å². The van der Waals surface area contributed by atoms with Gasteiger partial charge in [0, 0.05) is 23.1 Å². The molecule has 0 unspecified atom stereocenters. The summed E-state index contributed by atoms with van der Waals surface area (Å²) in [7, 11) is 0. The van der Waals surface area contributed by atoms with Crippen molar-refractivity contribution in [3.05, 3.63) is 40.5 Å². The summed E-state index contributed by atoms with van der Waals surface area (Å²) in [6.45, 7) is 5.32. The summed E-state index contributed by atoms with van der Waals surface area (Å²) in [6, 6.07) is 5.39. The zero-order valence-corrected chi connectivity index (χ0v) is 12.8. The number of hydrogen-bond acceptors (Lipinski definition) is 3. The van der Waals surface area contributed by atoms with Gasteiger partial charge < -0.3 is 4.74 Å². The maximum absolute atomic E-state index is 14.4. The number of benzene rings is 1. The molecule has 0 radical (unpaired) electrons. The first-order chi connectivity index (χ1) is 9.76. The van der Waals surface area contributed by atoms with E-state index < -0.39 is 0 Å². The molecule has 0 spiro atoms. The second-order valence-electron chi connectivity index (χ2n) is 4.85. The average molecular weight is 293 g/mol. The fourth-order valence-electron chi connectivity index (χ4n) is 2.09. The van der Waals surface area contributed by atoms with Crippen LogP contribution in [0, 0.1) is 11.7 Å². The molecule has 0 N–H and O–H groups in total. The van der Waals surface area contributed by atoms with Crippen LogP contribution in [-0.4, -0.2) is 11.6 Å². The van der Waals surface area contributed by atoms with Crippen molar-refractivity contribution < 1.29 is 9.13 Å². The first kappa shape index (κ1) is 15.1. The van der Waals surface area contributed by atoms with Gasteiger partial charge >= 0.3 is 0 Å². The molecular formula is C16H20FNOS. The fraction of sp³-hybridized carbons (Fsp3) is 0.438. The van der Waals surface area contributed by atoms with Crippen molar-refractivity contribution in [1.29, 1.82) is 0 Å². The second kappa shape index (κ2) is 7.50. The average Bonchev–Trinajstić information content (AvgIpc) is 2.99. The van der Waals surface area contributed by atoms with Crippen LogP contribution in [0.2, 0.25) is 0 Å². The van der Waals surface area contributed by atoms with E-state index in [-0.39, 0.29) is 5.82 Å². The summed E-state index contributed by atoms with van der Waals surface area (Å²) in [5.41, 5.74) is 3.55. The molecule has 20 heavy (non-hydrogen) atoms. The molecular weight excluding hydrogens is 273 g/mol. The van der Waals surface area contributed by atoms with Crippen LogP contribution in [0.5, 0.6) is 0 Å². The van der Waals surface area contributed by atoms with Crippen molar-refractivity contribution in [2.24, 2.45) is 5.92 Å². The van der Waals surface area contributed by atoms with Gasteiger partial charge in [0.15, 0.2) is 0 Å². The Kier molecular flexibility index (Phi) is 5.68. The summed E-state index contributed by atoms with van der Waals surface area (Å²) < 4.78 is 20.1. The molecule has 1 heterocycles. The largest absolute Gasteiger partial charge is 0.376 e. The lowest BCUT2D eigenvalue weighted by molar-refractivity contribution is 0.0826. The smallest absolute Gasteiger partial charge is 0.138 e. The van der Waals surface area contributed by atoms with Crippen molar-refractivity contribution in [2.75, 3.05) is 6.61 Å². The number of nitrogens with zero attached hydrogens (tertiary/aromatic N) is 1. The third-order valence-corrected chi connectivity index (χ3v) is 4.14. The van der Waals surface area contributed by atoms with Gasteiger partial charge in [-0.25, -0.2) is 9.37 Å². The van der Waals surface area contributed by atoms with E-state index in [4.69, 9.17) is 4.74 Å². The summed E-state index contributed by atoms with van der Waals surface area (Å²) in [4.78, 5) is 4.16. The van der Waals surface area contributed by atoms with Crippen molar-refractivity contribution >= 4 is 11.3 Å². The summed E-state index contributed by atoms with van der Waals surface area (Å²) in [5, 5.41) is 1.85. The Hall–Kier alpha value is -1.26. The van der Waals surface area contributed by atoms with Crippen LogP contribution in [-0.2, 0) is 11.3 Å².